The Hall–Kier alpha value is -0.610. The molecule has 2 aliphatic carbocycles. The highest BCUT2D eigenvalue weighted by molar-refractivity contribution is 5.81. The molecule has 0 aromatic rings. The summed E-state index contributed by atoms with van der Waals surface area (Å²) in [5.41, 5.74) is 5.63. The van der Waals surface area contributed by atoms with E-state index in [1.807, 2.05) is 0 Å². The zero-order valence-corrected chi connectivity index (χ0v) is 12.9. The number of nitrogens with one attached hydrogen (secondary N) is 1. The molecular formula is C16H31N3O. The van der Waals surface area contributed by atoms with Gasteiger partial charge < -0.3 is 11.1 Å². The zero-order valence-electron chi connectivity index (χ0n) is 12.9. The minimum Gasteiger partial charge on any atom is -0.352 e. The zero-order chi connectivity index (χ0) is 14.4. The second-order valence-electron chi connectivity index (χ2n) is 6.48. The van der Waals surface area contributed by atoms with E-state index >= 15 is 0 Å². The summed E-state index contributed by atoms with van der Waals surface area (Å²) in [6.45, 7) is 3.73. The van der Waals surface area contributed by atoms with E-state index in [2.05, 4.69) is 17.1 Å². The Balaban J connectivity index is 1.84. The van der Waals surface area contributed by atoms with Gasteiger partial charge >= 0.3 is 0 Å². The fraction of sp³-hybridized carbons (Fsp3) is 0.938. The second-order valence-corrected chi connectivity index (χ2v) is 6.48. The van der Waals surface area contributed by atoms with Gasteiger partial charge in [0.25, 0.3) is 0 Å². The summed E-state index contributed by atoms with van der Waals surface area (Å²) < 4.78 is 0. The minimum absolute atomic E-state index is 0.00576. The Bertz CT molecular complexity index is 298. The van der Waals surface area contributed by atoms with Gasteiger partial charge in [-0.2, -0.15) is 0 Å². The number of hydrogen-bond acceptors (Lipinski definition) is 3. The molecule has 0 aliphatic heterocycles. The molecule has 3 N–H and O–H groups in total. The topological polar surface area (TPSA) is 58.4 Å². The summed E-state index contributed by atoms with van der Waals surface area (Å²) in [7, 11) is 0. The maximum Gasteiger partial charge on any atom is 0.237 e. The first-order valence-electron chi connectivity index (χ1n) is 8.48. The smallest absolute Gasteiger partial charge is 0.237 e. The number of hydrogen-bond donors (Lipinski definition) is 2. The van der Waals surface area contributed by atoms with Crippen LogP contribution in [0.4, 0.5) is 0 Å². The Morgan fingerprint density at radius 2 is 1.90 bits per heavy atom. The molecule has 4 nitrogen and oxygen atoms in total. The Kier molecular flexibility index (Phi) is 6.30. The highest BCUT2D eigenvalue weighted by Crippen LogP contribution is 2.27. The lowest BCUT2D eigenvalue weighted by Crippen LogP contribution is -2.54. The number of amides is 1. The summed E-state index contributed by atoms with van der Waals surface area (Å²) >= 11 is 0. The standard InChI is InChI=1S/C16H31N3O/c1-13(16(20)18-14-7-3-2-4-8-14)19(12-6-11-17)15-9-5-10-15/h13-15H,2-12,17H2,1H3,(H,18,20). The third kappa shape index (κ3) is 4.19. The van der Waals surface area contributed by atoms with Crippen LogP contribution in [0.2, 0.25) is 0 Å². The van der Waals surface area contributed by atoms with Crippen LogP contribution < -0.4 is 11.1 Å². The third-order valence-corrected chi connectivity index (χ3v) is 4.99. The molecule has 4 heteroatoms. The summed E-state index contributed by atoms with van der Waals surface area (Å²) in [6, 6.07) is 1.01. The molecular weight excluding hydrogens is 250 g/mol. The van der Waals surface area contributed by atoms with Crippen LogP contribution in [-0.4, -0.2) is 42.0 Å². The molecule has 1 amide bonds. The van der Waals surface area contributed by atoms with E-state index in [1.165, 1.54) is 38.5 Å². The molecule has 0 heterocycles. The second kappa shape index (κ2) is 7.99. The van der Waals surface area contributed by atoms with Crippen molar-refractivity contribution in [1.29, 1.82) is 0 Å². The Labute approximate surface area is 123 Å². The predicted molar refractivity (Wildman–Crippen MR) is 82.5 cm³/mol. The summed E-state index contributed by atoms with van der Waals surface area (Å²) in [6.07, 6.45) is 10.9. The van der Waals surface area contributed by atoms with Gasteiger partial charge in [0.1, 0.15) is 0 Å². The van der Waals surface area contributed by atoms with Crippen LogP contribution in [0.15, 0.2) is 0 Å². The molecule has 0 spiro atoms. The molecule has 0 aromatic heterocycles. The van der Waals surface area contributed by atoms with Gasteiger partial charge in [0.2, 0.25) is 5.91 Å². The lowest BCUT2D eigenvalue weighted by molar-refractivity contribution is -0.128. The van der Waals surface area contributed by atoms with Crippen LogP contribution in [0.25, 0.3) is 0 Å². The van der Waals surface area contributed by atoms with Crippen molar-refractivity contribution in [1.82, 2.24) is 10.2 Å². The number of nitrogens with zero attached hydrogens (tertiary/aromatic N) is 1. The highest BCUT2D eigenvalue weighted by atomic mass is 16.2. The average molecular weight is 281 g/mol. The van der Waals surface area contributed by atoms with E-state index in [0.717, 1.165) is 25.8 Å². The van der Waals surface area contributed by atoms with Crippen molar-refractivity contribution in [3.63, 3.8) is 0 Å². The van der Waals surface area contributed by atoms with Crippen LogP contribution >= 0.6 is 0 Å². The van der Waals surface area contributed by atoms with Gasteiger partial charge in [0.15, 0.2) is 0 Å². The molecule has 0 radical (unpaired) electrons. The van der Waals surface area contributed by atoms with E-state index < -0.39 is 0 Å². The van der Waals surface area contributed by atoms with Crippen molar-refractivity contribution in [2.75, 3.05) is 13.1 Å². The van der Waals surface area contributed by atoms with Gasteiger partial charge in [0, 0.05) is 18.6 Å². The van der Waals surface area contributed by atoms with Gasteiger partial charge in [0.05, 0.1) is 6.04 Å². The fourth-order valence-corrected chi connectivity index (χ4v) is 3.40. The Morgan fingerprint density at radius 3 is 2.45 bits per heavy atom. The monoisotopic (exact) mass is 281 g/mol. The average Bonchev–Trinajstić information content (AvgIpc) is 2.41. The summed E-state index contributed by atoms with van der Waals surface area (Å²) in [4.78, 5) is 14.9. The van der Waals surface area contributed by atoms with Gasteiger partial charge in [-0.15, -0.1) is 0 Å². The predicted octanol–water partition coefficient (Wildman–Crippen LogP) is 2.03. The van der Waals surface area contributed by atoms with E-state index in [0.29, 0.717) is 18.6 Å². The first kappa shape index (κ1) is 15.8. The number of carbonyl (C=O) groups excluding carboxylic acids is 1. The van der Waals surface area contributed by atoms with Crippen molar-refractivity contribution in [2.24, 2.45) is 5.73 Å². The number of nitrogens with two attached hydrogens (primary N) is 1. The van der Waals surface area contributed by atoms with Crippen molar-refractivity contribution in [3.8, 4) is 0 Å². The summed E-state index contributed by atoms with van der Waals surface area (Å²) in [5.74, 6) is 0.223. The summed E-state index contributed by atoms with van der Waals surface area (Å²) in [5, 5.41) is 3.27. The van der Waals surface area contributed by atoms with Gasteiger partial charge in [-0.05, 0) is 45.6 Å². The van der Waals surface area contributed by atoms with Crippen molar-refractivity contribution in [2.45, 2.75) is 82.8 Å². The molecule has 0 bridgehead atoms. The van der Waals surface area contributed by atoms with Crippen molar-refractivity contribution in [3.05, 3.63) is 0 Å². The largest absolute Gasteiger partial charge is 0.352 e. The highest BCUT2D eigenvalue weighted by Gasteiger charge is 2.32. The van der Waals surface area contributed by atoms with Gasteiger partial charge in [-0.1, -0.05) is 25.7 Å². The lowest BCUT2D eigenvalue weighted by Gasteiger charge is -2.41. The maximum absolute atomic E-state index is 12.5. The first-order chi connectivity index (χ1) is 9.72. The molecule has 20 heavy (non-hydrogen) atoms. The van der Waals surface area contributed by atoms with Gasteiger partial charge in [-0.3, -0.25) is 9.69 Å². The van der Waals surface area contributed by atoms with E-state index in [1.54, 1.807) is 0 Å². The number of carbonyl (C=O) groups is 1. The quantitative estimate of drug-likeness (QED) is 0.750. The normalized spacial score (nSPS) is 22.6. The first-order valence-corrected chi connectivity index (χ1v) is 8.48. The van der Waals surface area contributed by atoms with Crippen LogP contribution in [-0.2, 0) is 4.79 Å². The maximum atomic E-state index is 12.5. The molecule has 2 rings (SSSR count). The van der Waals surface area contributed by atoms with Crippen molar-refractivity contribution < 1.29 is 4.79 Å². The molecule has 1 unspecified atom stereocenters. The Morgan fingerprint density at radius 1 is 1.20 bits per heavy atom. The van der Waals surface area contributed by atoms with Crippen LogP contribution in [0.3, 0.4) is 0 Å². The molecule has 0 saturated heterocycles. The van der Waals surface area contributed by atoms with Crippen molar-refractivity contribution >= 4 is 5.91 Å². The fourth-order valence-electron chi connectivity index (χ4n) is 3.40. The van der Waals surface area contributed by atoms with E-state index in [4.69, 9.17) is 5.73 Å². The molecule has 2 fully saturated rings. The number of rotatable bonds is 7. The SMILES string of the molecule is CC(C(=O)NC1CCCCC1)N(CCCN)C1CCC1. The molecule has 2 saturated carbocycles. The van der Waals surface area contributed by atoms with E-state index in [-0.39, 0.29) is 11.9 Å². The van der Waals surface area contributed by atoms with E-state index in [9.17, 15) is 4.79 Å². The van der Waals surface area contributed by atoms with Crippen LogP contribution in [0, 0.1) is 0 Å². The van der Waals surface area contributed by atoms with Gasteiger partial charge in [-0.25, -0.2) is 0 Å². The molecule has 2 aliphatic rings. The molecule has 0 aromatic carbocycles. The third-order valence-electron chi connectivity index (χ3n) is 4.99. The van der Waals surface area contributed by atoms with Crippen LogP contribution in [0.1, 0.15) is 64.7 Å². The minimum atomic E-state index is -0.00576. The molecule has 1 atom stereocenters. The van der Waals surface area contributed by atoms with Crippen LogP contribution in [0.5, 0.6) is 0 Å². The lowest BCUT2D eigenvalue weighted by atomic mass is 9.90. The molecule has 116 valence electrons.